The van der Waals surface area contributed by atoms with Gasteiger partial charge in [0.05, 0.1) is 19.7 Å². The zero-order valence-electron chi connectivity index (χ0n) is 11.3. The van der Waals surface area contributed by atoms with Gasteiger partial charge in [0.15, 0.2) is 0 Å². The van der Waals surface area contributed by atoms with Crippen LogP contribution in [-0.4, -0.2) is 34.0 Å². The second-order valence-corrected chi connectivity index (χ2v) is 4.90. The van der Waals surface area contributed by atoms with Crippen LogP contribution >= 0.6 is 0 Å². The molecule has 0 radical (unpaired) electrons. The van der Waals surface area contributed by atoms with E-state index in [1.165, 1.54) is 0 Å². The van der Waals surface area contributed by atoms with E-state index in [1.807, 2.05) is 4.68 Å². The smallest absolute Gasteiger partial charge is 0.140 e. The van der Waals surface area contributed by atoms with Crippen LogP contribution in [0.1, 0.15) is 33.5 Å². The maximum absolute atomic E-state index is 5.54. The van der Waals surface area contributed by atoms with Gasteiger partial charge in [0, 0.05) is 12.6 Å². The van der Waals surface area contributed by atoms with Crippen molar-refractivity contribution < 1.29 is 4.74 Å². The van der Waals surface area contributed by atoms with Gasteiger partial charge in [0.25, 0.3) is 0 Å². The van der Waals surface area contributed by atoms with Crippen molar-refractivity contribution in [2.75, 3.05) is 13.2 Å². The van der Waals surface area contributed by atoms with Crippen LogP contribution < -0.4 is 5.32 Å². The van der Waals surface area contributed by atoms with E-state index < -0.39 is 0 Å². The van der Waals surface area contributed by atoms with Crippen LogP contribution in [0.25, 0.3) is 0 Å². The van der Waals surface area contributed by atoms with Crippen LogP contribution in [0.4, 0.5) is 0 Å². The van der Waals surface area contributed by atoms with Gasteiger partial charge in [-0.3, -0.25) is 0 Å². The Morgan fingerprint density at radius 3 is 2.76 bits per heavy atom. The molecule has 0 bridgehead atoms. The summed E-state index contributed by atoms with van der Waals surface area (Å²) in [7, 11) is 0. The minimum atomic E-state index is 0.456. The molecule has 5 nitrogen and oxygen atoms in total. The monoisotopic (exact) mass is 240 g/mol. The van der Waals surface area contributed by atoms with Crippen molar-refractivity contribution in [1.82, 2.24) is 20.1 Å². The Kier molecular flexibility index (Phi) is 6.15. The minimum absolute atomic E-state index is 0.456. The lowest BCUT2D eigenvalue weighted by Crippen LogP contribution is -2.25. The van der Waals surface area contributed by atoms with Crippen molar-refractivity contribution in [1.29, 1.82) is 0 Å². The Bertz CT molecular complexity index is 309. The Morgan fingerprint density at radius 2 is 2.12 bits per heavy atom. The molecule has 0 atom stereocenters. The maximum atomic E-state index is 5.54. The van der Waals surface area contributed by atoms with Crippen molar-refractivity contribution in [2.45, 2.75) is 46.8 Å². The summed E-state index contributed by atoms with van der Waals surface area (Å²) in [6.07, 6.45) is 1.60. The summed E-state index contributed by atoms with van der Waals surface area (Å²) >= 11 is 0. The van der Waals surface area contributed by atoms with E-state index in [-0.39, 0.29) is 0 Å². The van der Waals surface area contributed by atoms with Gasteiger partial charge in [0.1, 0.15) is 12.2 Å². The highest BCUT2D eigenvalue weighted by molar-refractivity contribution is 4.84. The first-order chi connectivity index (χ1) is 8.09. The Hall–Kier alpha value is -0.940. The zero-order chi connectivity index (χ0) is 12.7. The molecule has 0 fully saturated rings. The van der Waals surface area contributed by atoms with Gasteiger partial charge in [-0.25, -0.2) is 9.67 Å². The lowest BCUT2D eigenvalue weighted by Gasteiger charge is -2.10. The van der Waals surface area contributed by atoms with Gasteiger partial charge < -0.3 is 10.1 Å². The second-order valence-electron chi connectivity index (χ2n) is 4.90. The number of rotatable bonds is 8. The zero-order valence-corrected chi connectivity index (χ0v) is 11.3. The molecule has 0 saturated carbocycles. The average Bonchev–Trinajstić information content (AvgIpc) is 2.68. The Labute approximate surface area is 104 Å². The summed E-state index contributed by atoms with van der Waals surface area (Å²) in [5.74, 6) is 1.54. The molecule has 1 N–H and O–H groups in total. The molecule has 5 heteroatoms. The summed E-state index contributed by atoms with van der Waals surface area (Å²) in [5.41, 5.74) is 0. The summed E-state index contributed by atoms with van der Waals surface area (Å²) in [5, 5.41) is 7.53. The van der Waals surface area contributed by atoms with Gasteiger partial charge in [-0.15, -0.1) is 0 Å². The molecule has 0 spiro atoms. The normalized spacial score (nSPS) is 11.6. The van der Waals surface area contributed by atoms with Crippen LogP contribution in [0.2, 0.25) is 0 Å². The van der Waals surface area contributed by atoms with E-state index in [9.17, 15) is 0 Å². The highest BCUT2D eigenvalue weighted by atomic mass is 16.5. The van der Waals surface area contributed by atoms with Crippen LogP contribution in [0.3, 0.4) is 0 Å². The summed E-state index contributed by atoms with van der Waals surface area (Å²) in [4.78, 5) is 4.24. The van der Waals surface area contributed by atoms with Crippen LogP contribution in [0.5, 0.6) is 0 Å². The number of nitrogens with one attached hydrogen (secondary N) is 1. The molecule has 0 aliphatic heterocycles. The van der Waals surface area contributed by atoms with E-state index in [0.717, 1.165) is 25.5 Å². The SMILES string of the molecule is CC(C)COCCn1ncnc1CNC(C)C. The second kappa shape index (κ2) is 7.40. The third-order valence-electron chi connectivity index (χ3n) is 2.26. The highest BCUT2D eigenvalue weighted by Gasteiger charge is 2.04. The van der Waals surface area contributed by atoms with E-state index in [4.69, 9.17) is 4.74 Å². The Balaban J connectivity index is 2.30. The van der Waals surface area contributed by atoms with E-state index in [0.29, 0.717) is 18.6 Å². The molecule has 17 heavy (non-hydrogen) atoms. The van der Waals surface area contributed by atoms with Crippen molar-refractivity contribution in [3.05, 3.63) is 12.2 Å². The molecular formula is C12H24N4O. The van der Waals surface area contributed by atoms with Crippen molar-refractivity contribution in [3.8, 4) is 0 Å². The van der Waals surface area contributed by atoms with Gasteiger partial charge in [-0.2, -0.15) is 5.10 Å². The van der Waals surface area contributed by atoms with Gasteiger partial charge in [-0.1, -0.05) is 27.7 Å². The summed E-state index contributed by atoms with van der Waals surface area (Å²) in [6.45, 7) is 11.5. The summed E-state index contributed by atoms with van der Waals surface area (Å²) in [6, 6.07) is 0.456. The molecular weight excluding hydrogens is 216 g/mol. The van der Waals surface area contributed by atoms with Gasteiger partial charge in [0.2, 0.25) is 0 Å². The fourth-order valence-electron chi connectivity index (χ4n) is 1.38. The molecule has 0 aliphatic carbocycles. The largest absolute Gasteiger partial charge is 0.379 e. The fraction of sp³-hybridized carbons (Fsp3) is 0.833. The van der Waals surface area contributed by atoms with Gasteiger partial charge in [-0.05, 0) is 5.92 Å². The average molecular weight is 240 g/mol. The first kappa shape index (κ1) is 14.1. The van der Waals surface area contributed by atoms with Gasteiger partial charge >= 0.3 is 0 Å². The number of aromatic nitrogens is 3. The minimum Gasteiger partial charge on any atom is -0.379 e. The molecule has 0 saturated heterocycles. The molecule has 1 aromatic heterocycles. The molecule has 0 unspecified atom stereocenters. The quantitative estimate of drug-likeness (QED) is 0.699. The maximum Gasteiger partial charge on any atom is 0.140 e. The molecule has 1 aromatic rings. The number of hydrogen-bond acceptors (Lipinski definition) is 4. The Morgan fingerprint density at radius 1 is 1.35 bits per heavy atom. The van der Waals surface area contributed by atoms with Crippen molar-refractivity contribution in [3.63, 3.8) is 0 Å². The van der Waals surface area contributed by atoms with Crippen LogP contribution in [-0.2, 0) is 17.8 Å². The molecule has 98 valence electrons. The van der Waals surface area contributed by atoms with E-state index in [1.54, 1.807) is 6.33 Å². The number of ether oxygens (including phenoxy) is 1. The number of nitrogens with zero attached hydrogens (tertiary/aromatic N) is 3. The molecule has 1 heterocycles. The first-order valence-corrected chi connectivity index (χ1v) is 6.27. The molecule has 0 amide bonds. The first-order valence-electron chi connectivity index (χ1n) is 6.27. The van der Waals surface area contributed by atoms with Crippen LogP contribution in [0.15, 0.2) is 6.33 Å². The van der Waals surface area contributed by atoms with Crippen LogP contribution in [0, 0.1) is 5.92 Å². The number of hydrogen-bond donors (Lipinski definition) is 1. The molecule has 0 aromatic carbocycles. The standard InChI is InChI=1S/C12H24N4O/c1-10(2)8-17-6-5-16-12(14-9-15-16)7-13-11(3)4/h9-11,13H,5-8H2,1-4H3. The van der Waals surface area contributed by atoms with Crippen molar-refractivity contribution in [2.24, 2.45) is 5.92 Å². The predicted molar refractivity (Wildman–Crippen MR) is 67.7 cm³/mol. The fourth-order valence-corrected chi connectivity index (χ4v) is 1.38. The third-order valence-corrected chi connectivity index (χ3v) is 2.26. The van der Waals surface area contributed by atoms with E-state index in [2.05, 4.69) is 43.1 Å². The molecule has 0 aliphatic rings. The molecule has 1 rings (SSSR count). The predicted octanol–water partition coefficient (Wildman–Crippen LogP) is 1.45. The lowest BCUT2D eigenvalue weighted by atomic mass is 10.2. The van der Waals surface area contributed by atoms with E-state index >= 15 is 0 Å². The topological polar surface area (TPSA) is 52.0 Å². The third kappa shape index (κ3) is 5.79. The lowest BCUT2D eigenvalue weighted by molar-refractivity contribution is 0.100. The summed E-state index contributed by atoms with van der Waals surface area (Å²) < 4.78 is 7.44. The van der Waals surface area contributed by atoms with Crippen molar-refractivity contribution >= 4 is 0 Å². The highest BCUT2D eigenvalue weighted by Crippen LogP contribution is 1.97.